The number of primary amides is 2. The van der Waals surface area contributed by atoms with Gasteiger partial charge >= 0.3 is 0 Å². The fourth-order valence-corrected chi connectivity index (χ4v) is 10.8. The normalized spacial score (nSPS) is 23.4. The zero-order valence-electron chi connectivity index (χ0n) is 59.3. The summed E-state index contributed by atoms with van der Waals surface area (Å²) in [7, 11) is 1.50. The van der Waals surface area contributed by atoms with E-state index in [-0.39, 0.29) is 75.8 Å². The third-order valence-corrected chi connectivity index (χ3v) is 17.3. The molecule has 0 bridgehead atoms. The molecule has 0 saturated heterocycles. The molecule has 0 radical (unpaired) electrons. The van der Waals surface area contributed by atoms with Gasteiger partial charge in [0.2, 0.25) is 70.4 Å². The monoisotopic (exact) mass is 1360 g/mol. The Kier molecular flexibility index (Phi) is 37.5. The van der Waals surface area contributed by atoms with Crippen molar-refractivity contribution in [3.05, 3.63) is 48.2 Å². The molecule has 28 nitrogen and oxygen atoms in total. The molecule has 0 spiro atoms. The highest BCUT2D eigenvalue weighted by Gasteiger charge is 2.40. The summed E-state index contributed by atoms with van der Waals surface area (Å²) < 4.78 is 0. The van der Waals surface area contributed by atoms with Gasteiger partial charge in [-0.3, -0.25) is 77.8 Å². The molecule has 3 rings (SSSR count). The molecule has 2 aromatic rings. The number of hydrogen-bond donors (Lipinski definition) is 14. The number of aromatic nitrogens is 1. The van der Waals surface area contributed by atoms with Crippen molar-refractivity contribution in [1.29, 1.82) is 0 Å². The number of benzene rings is 1. The molecule has 8 amide bonds. The number of rotatable bonds is 25. The van der Waals surface area contributed by atoms with Gasteiger partial charge in [-0.1, -0.05) is 83.2 Å². The van der Waals surface area contributed by atoms with E-state index in [1.54, 1.807) is 20.0 Å². The topological polar surface area (TPSA) is 453 Å². The number of ketones is 6. The summed E-state index contributed by atoms with van der Waals surface area (Å²) >= 11 is 0. The third kappa shape index (κ3) is 29.4. The summed E-state index contributed by atoms with van der Waals surface area (Å²) in [4.78, 5) is 191. The molecule has 1 aromatic heterocycles. The first-order valence-electron chi connectivity index (χ1n) is 33.9. The zero-order valence-corrected chi connectivity index (χ0v) is 59.3. The molecule has 1 aromatic carbocycles. The minimum atomic E-state index is -1.66. The summed E-state index contributed by atoms with van der Waals surface area (Å²) in [5.74, 6) is -11.8. The van der Waals surface area contributed by atoms with E-state index < -0.39 is 142 Å². The first kappa shape index (κ1) is 85.2. The van der Waals surface area contributed by atoms with Gasteiger partial charge in [0, 0.05) is 42.5 Å². The molecular formula is C69H112N14O14. The number of fused-ring (bicyclic) bond motifs is 1. The number of amides is 8. The number of carbonyl (C=O) groups excluding carboxylic acids is 14. The van der Waals surface area contributed by atoms with Gasteiger partial charge in [0.1, 0.15) is 29.4 Å². The predicted octanol–water partition coefficient (Wildman–Crippen LogP) is 1.27. The molecule has 542 valence electrons. The summed E-state index contributed by atoms with van der Waals surface area (Å²) in [5, 5.41) is 28.6. The average Bonchev–Trinajstić information content (AvgIpc) is 1.81. The van der Waals surface area contributed by atoms with E-state index in [9.17, 15) is 67.1 Å². The molecule has 0 fully saturated rings. The van der Waals surface area contributed by atoms with Crippen LogP contribution in [0.1, 0.15) is 179 Å². The highest BCUT2D eigenvalue weighted by atomic mass is 16.2. The lowest BCUT2D eigenvalue weighted by molar-refractivity contribution is -0.140. The molecule has 2 heterocycles. The number of allylic oxidation sites excluding steroid dienone is 2. The number of hydrogen-bond acceptors (Lipinski definition) is 19. The van der Waals surface area contributed by atoms with Gasteiger partial charge in [0.15, 0.2) is 5.78 Å². The van der Waals surface area contributed by atoms with E-state index in [0.717, 1.165) is 55.0 Å². The van der Waals surface area contributed by atoms with Crippen molar-refractivity contribution in [2.24, 2.45) is 35.0 Å². The Morgan fingerprint density at radius 2 is 1.21 bits per heavy atom. The Labute approximate surface area is 571 Å². The highest BCUT2D eigenvalue weighted by Crippen LogP contribution is 2.23. The predicted molar refractivity (Wildman–Crippen MR) is 370 cm³/mol. The van der Waals surface area contributed by atoms with Crippen molar-refractivity contribution >= 4 is 92.9 Å². The third-order valence-electron chi connectivity index (χ3n) is 17.3. The van der Waals surface area contributed by atoms with E-state index in [1.807, 2.05) is 44.2 Å². The Balaban J connectivity index is 0.0000158. The fraction of sp³-hybridized carbons (Fsp3) is 0.652. The largest absolute Gasteiger partial charge is 0.370 e. The Morgan fingerprint density at radius 1 is 0.649 bits per heavy atom. The number of carbonyl (C=O) groups is 14. The second-order valence-corrected chi connectivity index (χ2v) is 26.5. The molecule has 17 N–H and O–H groups in total. The fourth-order valence-electron chi connectivity index (χ4n) is 10.8. The maximum atomic E-state index is 14.7. The first-order valence-corrected chi connectivity index (χ1v) is 33.9. The van der Waals surface area contributed by atoms with Gasteiger partial charge in [-0.15, -0.1) is 0 Å². The van der Waals surface area contributed by atoms with Crippen LogP contribution in [0.2, 0.25) is 0 Å². The number of nitrogens with two attached hydrogens (primary N) is 3. The quantitative estimate of drug-likeness (QED) is 0.0492. The van der Waals surface area contributed by atoms with Gasteiger partial charge in [0.05, 0.1) is 54.8 Å². The van der Waals surface area contributed by atoms with Gasteiger partial charge in [-0.25, -0.2) is 0 Å². The number of aromatic amines is 1. The van der Waals surface area contributed by atoms with E-state index in [4.69, 9.17) is 11.5 Å². The van der Waals surface area contributed by atoms with E-state index in [0.29, 0.717) is 25.7 Å². The standard InChI is InChI=1S/C68H107N13O14.CH5N/c1-39(2)32-49-37-73-52(28-29-55(69)84)59(88)58(87)44(7)77-65(94)53(33-48-36-72-51-27-23-22-26-50(48)51)74-38-54(83)67(11,75-35-41(4)82)30-24-20-18-16-14-13-15-17-19-21-25-31-68(12,81-64(49)93)66(95)80-47(10)63(92)79-46(9)62(91)78-45(8)61(90)76-43(6)57(86)56(85)42(5)71-34-40(3)60(70)89;1-2/h17,19,22-23,26-27,36,39-40,42-47,49,52-53,71-75H,13-16,18,20-21,24-25,28-35,37-38H2,1-12H3,(H2,69,84)(H2,70,89)(H,76,90)(H,77,94)(H,78,91)(H,79,92)(H,80,95)(H,81,93);2H2,1H3/b19-17+;/t40-,42-,43-,44?,45?,46-,47?,49+,52-,53-,67+,68-;/m0./s1. The summed E-state index contributed by atoms with van der Waals surface area (Å²) in [5.41, 5.74) is 14.1. The molecule has 1 aliphatic heterocycles. The summed E-state index contributed by atoms with van der Waals surface area (Å²) in [6.07, 6.45) is 12.9. The van der Waals surface area contributed by atoms with Crippen molar-refractivity contribution < 1.29 is 67.1 Å². The zero-order chi connectivity index (χ0) is 73.3. The van der Waals surface area contributed by atoms with Gasteiger partial charge in [0.25, 0.3) is 0 Å². The number of para-hydroxylation sites is 1. The van der Waals surface area contributed by atoms with Crippen LogP contribution in [0, 0.1) is 17.8 Å². The van der Waals surface area contributed by atoms with Crippen LogP contribution < -0.4 is 70.4 Å². The molecular weight excluding hydrogens is 1250 g/mol. The molecule has 12 atom stereocenters. The maximum Gasteiger partial charge on any atom is 0.246 e. The maximum absolute atomic E-state index is 14.7. The van der Waals surface area contributed by atoms with E-state index in [1.165, 1.54) is 62.4 Å². The number of H-pyrrole nitrogens is 1. The molecule has 0 saturated carbocycles. The van der Waals surface area contributed by atoms with Crippen molar-refractivity contribution in [3.63, 3.8) is 0 Å². The highest BCUT2D eigenvalue weighted by molar-refractivity contribution is 6.41. The lowest BCUT2D eigenvalue weighted by Crippen LogP contribution is -2.62. The number of nitrogens with one attached hydrogen (secondary N) is 11. The van der Waals surface area contributed by atoms with Crippen molar-refractivity contribution in [1.82, 2.24) is 58.2 Å². The van der Waals surface area contributed by atoms with Gasteiger partial charge < -0.3 is 64.7 Å². The summed E-state index contributed by atoms with van der Waals surface area (Å²) in [6, 6.07) is -2.52. The molecule has 0 aliphatic carbocycles. The molecule has 28 heteroatoms. The average molecular weight is 1360 g/mol. The Bertz CT molecular complexity index is 3060. The second-order valence-electron chi connectivity index (χ2n) is 26.5. The first-order chi connectivity index (χ1) is 45.6. The van der Waals surface area contributed by atoms with Gasteiger partial charge in [-0.2, -0.15) is 0 Å². The van der Waals surface area contributed by atoms with Crippen molar-refractivity contribution in [3.8, 4) is 0 Å². The smallest absolute Gasteiger partial charge is 0.246 e. The second kappa shape index (κ2) is 42.7. The van der Waals surface area contributed by atoms with Crippen molar-refractivity contribution in [2.45, 2.75) is 239 Å². The van der Waals surface area contributed by atoms with Crippen LogP contribution in [-0.4, -0.2) is 180 Å². The lowest BCUT2D eigenvalue weighted by Gasteiger charge is -2.33. The number of Topliss-reactive ketones (excluding diaryl/α,β-unsaturated/α-hetero) is 6. The van der Waals surface area contributed by atoms with Crippen LogP contribution in [0.5, 0.6) is 0 Å². The van der Waals surface area contributed by atoms with Crippen LogP contribution >= 0.6 is 0 Å². The van der Waals surface area contributed by atoms with Crippen LogP contribution in [0.25, 0.3) is 10.9 Å². The van der Waals surface area contributed by atoms with Gasteiger partial charge in [-0.05, 0) is 145 Å². The minimum absolute atomic E-state index is 0.0397. The SMILES string of the molecule is CC(=O)CN[C@]1(C)CCCCCCCC/C=C/CCC[C@@](C)(C(=O)NC(C)C(=O)N[C@@H](C)C(=O)NC(C)C(=O)N[C@@H](C)C(=O)C(=O)[C@H](C)NC[C@H](C)C(N)=O)NC(=O)[C@H](CC(C)C)CN[C@@H](CCC(N)=O)C(=O)C(=O)C(C)NC(=O)[C@H](Cc2c[nH]c3ccccc23)NCC1=O.CN. The molecule has 1 aliphatic rings. The lowest BCUT2D eigenvalue weighted by atomic mass is 9.88. The van der Waals surface area contributed by atoms with Crippen molar-refractivity contribution in [2.75, 3.05) is 33.2 Å². The molecule has 3 unspecified atom stereocenters. The van der Waals surface area contributed by atoms with Crippen LogP contribution in [-0.2, 0) is 73.5 Å². The Morgan fingerprint density at radius 3 is 1.79 bits per heavy atom. The summed E-state index contributed by atoms with van der Waals surface area (Å²) in [6.45, 7) is 17.6. The minimum Gasteiger partial charge on any atom is -0.370 e. The van der Waals surface area contributed by atoms with E-state index >= 15 is 0 Å². The van der Waals surface area contributed by atoms with Crippen LogP contribution in [0.15, 0.2) is 42.6 Å². The Hall–Kier alpha value is -7.92. The van der Waals surface area contributed by atoms with Crippen LogP contribution in [0.3, 0.4) is 0 Å². The van der Waals surface area contributed by atoms with E-state index in [2.05, 4.69) is 70.0 Å². The molecule has 97 heavy (non-hydrogen) atoms. The van der Waals surface area contributed by atoms with Crippen LogP contribution in [0.4, 0.5) is 0 Å².